The maximum atomic E-state index is 13.3. The lowest BCUT2D eigenvalue weighted by atomic mass is 10.0. The van der Waals surface area contributed by atoms with Gasteiger partial charge in [-0.3, -0.25) is 0 Å². The molecule has 1 aliphatic heterocycles. The SMILES string of the molecule is CCC1COC(C)CN1c1ccc(CCl)cc1C(F)(F)F. The zero-order valence-corrected chi connectivity index (χ0v) is 12.8. The molecule has 0 radical (unpaired) electrons. The molecule has 118 valence electrons. The van der Waals surface area contributed by atoms with Crippen LogP contribution in [0.1, 0.15) is 31.4 Å². The van der Waals surface area contributed by atoms with Crippen LogP contribution in [0.3, 0.4) is 0 Å². The Morgan fingerprint density at radius 3 is 2.67 bits per heavy atom. The minimum atomic E-state index is -4.39. The third-order valence-corrected chi connectivity index (χ3v) is 4.08. The van der Waals surface area contributed by atoms with E-state index in [2.05, 4.69) is 0 Å². The van der Waals surface area contributed by atoms with E-state index >= 15 is 0 Å². The van der Waals surface area contributed by atoms with Gasteiger partial charge in [-0.05, 0) is 31.0 Å². The number of benzene rings is 1. The molecule has 0 bridgehead atoms. The number of alkyl halides is 4. The summed E-state index contributed by atoms with van der Waals surface area (Å²) < 4.78 is 45.6. The zero-order chi connectivity index (χ0) is 15.6. The molecule has 0 spiro atoms. The second-order valence-corrected chi connectivity index (χ2v) is 5.61. The van der Waals surface area contributed by atoms with Gasteiger partial charge in [0.1, 0.15) is 0 Å². The molecule has 6 heteroatoms. The number of anilines is 1. The highest BCUT2D eigenvalue weighted by Gasteiger charge is 2.37. The van der Waals surface area contributed by atoms with Crippen LogP contribution in [0.2, 0.25) is 0 Å². The number of nitrogens with zero attached hydrogens (tertiary/aromatic N) is 1. The molecule has 1 heterocycles. The summed E-state index contributed by atoms with van der Waals surface area (Å²) in [4.78, 5) is 1.81. The first kappa shape index (κ1) is 16.4. The fourth-order valence-electron chi connectivity index (χ4n) is 2.62. The lowest BCUT2D eigenvalue weighted by molar-refractivity contribution is -0.137. The molecule has 0 aliphatic carbocycles. The highest BCUT2D eigenvalue weighted by Crippen LogP contribution is 2.39. The molecule has 1 saturated heterocycles. The van der Waals surface area contributed by atoms with Gasteiger partial charge in [0.2, 0.25) is 0 Å². The van der Waals surface area contributed by atoms with Crippen molar-refractivity contribution in [1.29, 1.82) is 0 Å². The van der Waals surface area contributed by atoms with E-state index in [1.807, 2.05) is 18.7 Å². The van der Waals surface area contributed by atoms with E-state index < -0.39 is 11.7 Å². The molecule has 2 unspecified atom stereocenters. The van der Waals surface area contributed by atoms with Crippen molar-refractivity contribution in [3.05, 3.63) is 29.3 Å². The van der Waals surface area contributed by atoms with E-state index in [9.17, 15) is 13.2 Å². The van der Waals surface area contributed by atoms with E-state index in [1.165, 1.54) is 6.07 Å². The Morgan fingerprint density at radius 2 is 2.10 bits per heavy atom. The maximum absolute atomic E-state index is 13.3. The van der Waals surface area contributed by atoms with Crippen molar-refractivity contribution in [3.63, 3.8) is 0 Å². The fourth-order valence-corrected chi connectivity index (χ4v) is 2.79. The normalized spacial score (nSPS) is 23.4. The molecule has 1 aliphatic rings. The van der Waals surface area contributed by atoms with E-state index in [1.54, 1.807) is 6.07 Å². The third kappa shape index (κ3) is 3.64. The summed E-state index contributed by atoms with van der Waals surface area (Å²) in [5.74, 6) is 0.0695. The van der Waals surface area contributed by atoms with E-state index in [0.29, 0.717) is 18.7 Å². The third-order valence-electron chi connectivity index (χ3n) is 3.77. The van der Waals surface area contributed by atoms with Crippen LogP contribution >= 0.6 is 11.6 Å². The lowest BCUT2D eigenvalue weighted by Crippen LogP contribution is -2.49. The number of hydrogen-bond donors (Lipinski definition) is 0. The zero-order valence-electron chi connectivity index (χ0n) is 12.1. The van der Waals surface area contributed by atoms with Gasteiger partial charge in [0.05, 0.1) is 24.3 Å². The van der Waals surface area contributed by atoms with E-state index in [4.69, 9.17) is 16.3 Å². The van der Waals surface area contributed by atoms with Crippen molar-refractivity contribution < 1.29 is 17.9 Å². The summed E-state index contributed by atoms with van der Waals surface area (Å²) in [6.07, 6.45) is -3.74. The average Bonchev–Trinajstić information content (AvgIpc) is 2.45. The monoisotopic (exact) mass is 321 g/mol. The molecular formula is C15H19ClF3NO. The molecule has 2 rings (SSSR count). The molecule has 2 atom stereocenters. The quantitative estimate of drug-likeness (QED) is 0.763. The minimum absolute atomic E-state index is 0.0378. The van der Waals surface area contributed by atoms with Gasteiger partial charge >= 0.3 is 6.18 Å². The summed E-state index contributed by atoms with van der Waals surface area (Å²) >= 11 is 5.67. The Morgan fingerprint density at radius 1 is 1.38 bits per heavy atom. The summed E-state index contributed by atoms with van der Waals surface area (Å²) in [5, 5.41) is 0. The van der Waals surface area contributed by atoms with Crippen LogP contribution in [0.4, 0.5) is 18.9 Å². The van der Waals surface area contributed by atoms with Crippen LogP contribution in [-0.2, 0) is 16.8 Å². The topological polar surface area (TPSA) is 12.5 Å². The number of rotatable bonds is 3. The van der Waals surface area contributed by atoms with Gasteiger partial charge < -0.3 is 9.64 Å². The van der Waals surface area contributed by atoms with Crippen molar-refractivity contribution in [1.82, 2.24) is 0 Å². The Labute approximate surface area is 127 Å². The Balaban J connectivity index is 2.45. The Kier molecular flexibility index (Phi) is 5.04. The molecule has 1 aromatic rings. The number of hydrogen-bond acceptors (Lipinski definition) is 2. The number of ether oxygens (including phenoxy) is 1. The first-order chi connectivity index (χ1) is 9.86. The van der Waals surface area contributed by atoms with Crippen LogP contribution in [0.5, 0.6) is 0 Å². The molecule has 0 aromatic heterocycles. The van der Waals surface area contributed by atoms with Crippen LogP contribution in [-0.4, -0.2) is 25.3 Å². The molecule has 2 nitrogen and oxygen atoms in total. The van der Waals surface area contributed by atoms with Crippen LogP contribution < -0.4 is 4.90 Å². The summed E-state index contributed by atoms with van der Waals surface area (Å²) in [6.45, 7) is 4.74. The van der Waals surface area contributed by atoms with Crippen molar-refractivity contribution >= 4 is 17.3 Å². The molecule has 0 amide bonds. The van der Waals surface area contributed by atoms with Gasteiger partial charge in [-0.1, -0.05) is 13.0 Å². The molecule has 0 N–H and O–H groups in total. The molecule has 21 heavy (non-hydrogen) atoms. The first-order valence-electron chi connectivity index (χ1n) is 7.01. The van der Waals surface area contributed by atoms with Gasteiger partial charge in [-0.25, -0.2) is 0 Å². The highest BCUT2D eigenvalue weighted by molar-refractivity contribution is 6.17. The van der Waals surface area contributed by atoms with Crippen LogP contribution in [0, 0.1) is 0 Å². The highest BCUT2D eigenvalue weighted by atomic mass is 35.5. The molecular weight excluding hydrogens is 303 g/mol. The van der Waals surface area contributed by atoms with E-state index in [-0.39, 0.29) is 23.7 Å². The van der Waals surface area contributed by atoms with Crippen molar-refractivity contribution in [2.75, 3.05) is 18.1 Å². The lowest BCUT2D eigenvalue weighted by Gasteiger charge is -2.41. The van der Waals surface area contributed by atoms with Gasteiger partial charge in [-0.15, -0.1) is 11.6 Å². The van der Waals surface area contributed by atoms with E-state index in [0.717, 1.165) is 12.5 Å². The van der Waals surface area contributed by atoms with Crippen LogP contribution in [0.25, 0.3) is 0 Å². The summed E-state index contributed by atoms with van der Waals surface area (Å²) in [7, 11) is 0. The second kappa shape index (κ2) is 6.44. The fraction of sp³-hybridized carbons (Fsp3) is 0.600. The Bertz CT molecular complexity index is 492. The maximum Gasteiger partial charge on any atom is 0.418 e. The standard InChI is InChI=1S/C15H19ClF3NO/c1-3-12-9-21-10(2)8-20(12)14-5-4-11(7-16)6-13(14)15(17,18)19/h4-6,10,12H,3,7-9H2,1-2H3. The van der Waals surface area contributed by atoms with Crippen molar-refractivity contribution in [2.45, 2.75) is 44.5 Å². The first-order valence-corrected chi connectivity index (χ1v) is 7.54. The summed E-state index contributed by atoms with van der Waals surface area (Å²) in [6, 6.07) is 4.30. The van der Waals surface area contributed by atoms with Gasteiger partial charge in [-0.2, -0.15) is 13.2 Å². The molecule has 1 fully saturated rings. The minimum Gasteiger partial charge on any atom is -0.375 e. The molecule has 1 aromatic carbocycles. The van der Waals surface area contributed by atoms with Crippen molar-refractivity contribution in [2.24, 2.45) is 0 Å². The predicted octanol–water partition coefficient (Wildman–Crippen LogP) is 4.45. The van der Waals surface area contributed by atoms with Gasteiger partial charge in [0, 0.05) is 18.1 Å². The summed E-state index contributed by atoms with van der Waals surface area (Å²) in [5.41, 5.74) is 0.0775. The Hall–Kier alpha value is -0.940. The predicted molar refractivity (Wildman–Crippen MR) is 77.8 cm³/mol. The smallest absolute Gasteiger partial charge is 0.375 e. The second-order valence-electron chi connectivity index (χ2n) is 5.34. The number of morpholine rings is 1. The number of halogens is 4. The average molecular weight is 322 g/mol. The van der Waals surface area contributed by atoms with Crippen molar-refractivity contribution in [3.8, 4) is 0 Å². The molecule has 0 saturated carbocycles. The largest absolute Gasteiger partial charge is 0.418 e. The van der Waals surface area contributed by atoms with Gasteiger partial charge in [0.25, 0.3) is 0 Å². The van der Waals surface area contributed by atoms with Crippen LogP contribution in [0.15, 0.2) is 18.2 Å². The van der Waals surface area contributed by atoms with Gasteiger partial charge in [0.15, 0.2) is 0 Å².